The van der Waals surface area contributed by atoms with Gasteiger partial charge in [-0.05, 0) is 37.6 Å². The number of hydrazone groups is 1. The molecule has 0 bridgehead atoms. The van der Waals surface area contributed by atoms with Crippen molar-refractivity contribution in [3.63, 3.8) is 0 Å². The van der Waals surface area contributed by atoms with Crippen molar-refractivity contribution in [2.45, 2.75) is 20.0 Å². The molecule has 0 unspecified atom stereocenters. The summed E-state index contributed by atoms with van der Waals surface area (Å²) in [6.45, 7) is 3.85. The maximum absolute atomic E-state index is 10.5. The van der Waals surface area contributed by atoms with Crippen molar-refractivity contribution in [1.82, 2.24) is 5.43 Å². The van der Waals surface area contributed by atoms with Gasteiger partial charge in [0.05, 0.1) is 19.4 Å². The molecule has 0 saturated carbocycles. The number of primary amides is 1. The van der Waals surface area contributed by atoms with E-state index in [1.165, 1.54) is 6.21 Å². The van der Waals surface area contributed by atoms with Crippen molar-refractivity contribution in [1.29, 1.82) is 0 Å². The van der Waals surface area contributed by atoms with Crippen LogP contribution >= 0.6 is 0 Å². The summed E-state index contributed by atoms with van der Waals surface area (Å²) < 4.78 is 10.8. The molecule has 0 spiro atoms. The number of nitrogens with two attached hydrogens (primary N) is 1. The minimum atomic E-state index is -0.710. The van der Waals surface area contributed by atoms with Crippen molar-refractivity contribution >= 4 is 12.2 Å². The van der Waals surface area contributed by atoms with Gasteiger partial charge in [-0.25, -0.2) is 10.2 Å². The Bertz CT molecular complexity index is 444. The first-order chi connectivity index (χ1) is 8.52. The Morgan fingerprint density at radius 3 is 2.72 bits per heavy atom. The third-order valence-electron chi connectivity index (χ3n) is 1.94. The van der Waals surface area contributed by atoms with Crippen molar-refractivity contribution < 1.29 is 14.3 Å². The predicted octanol–water partition coefficient (Wildman–Crippen LogP) is 1.48. The Morgan fingerprint density at radius 1 is 1.44 bits per heavy atom. The van der Waals surface area contributed by atoms with E-state index in [0.717, 1.165) is 5.56 Å². The van der Waals surface area contributed by atoms with Crippen LogP contribution in [0.2, 0.25) is 0 Å². The summed E-state index contributed by atoms with van der Waals surface area (Å²) >= 11 is 0. The molecule has 2 amide bonds. The number of hydrogen-bond donors (Lipinski definition) is 2. The fraction of sp³-hybridized carbons (Fsp3) is 0.333. The smallest absolute Gasteiger partial charge is 0.332 e. The molecular formula is C12H17N3O3. The Hall–Kier alpha value is -2.24. The van der Waals surface area contributed by atoms with Crippen molar-refractivity contribution in [3.8, 4) is 11.5 Å². The SMILES string of the molecule is COc1ccc(C=NNC(N)=O)cc1OC(C)C. The number of urea groups is 1. The Morgan fingerprint density at radius 2 is 2.17 bits per heavy atom. The molecule has 1 rings (SSSR count). The average Bonchev–Trinajstić information content (AvgIpc) is 2.28. The van der Waals surface area contributed by atoms with Gasteiger partial charge in [0.1, 0.15) is 0 Å². The summed E-state index contributed by atoms with van der Waals surface area (Å²) in [7, 11) is 1.57. The van der Waals surface area contributed by atoms with Gasteiger partial charge in [0.2, 0.25) is 0 Å². The summed E-state index contributed by atoms with van der Waals surface area (Å²) in [5.41, 5.74) is 7.77. The summed E-state index contributed by atoms with van der Waals surface area (Å²) in [5.74, 6) is 1.26. The number of nitrogens with zero attached hydrogens (tertiary/aromatic N) is 1. The van der Waals surface area contributed by atoms with Gasteiger partial charge in [0.25, 0.3) is 0 Å². The highest BCUT2D eigenvalue weighted by Crippen LogP contribution is 2.28. The normalized spacial score (nSPS) is 10.7. The highest BCUT2D eigenvalue weighted by molar-refractivity contribution is 5.82. The number of nitrogens with one attached hydrogen (secondary N) is 1. The van der Waals surface area contributed by atoms with Crippen LogP contribution in [0.4, 0.5) is 4.79 Å². The van der Waals surface area contributed by atoms with Crippen molar-refractivity contribution in [3.05, 3.63) is 23.8 Å². The minimum Gasteiger partial charge on any atom is -0.493 e. The number of carbonyl (C=O) groups excluding carboxylic acids is 1. The van der Waals surface area contributed by atoms with E-state index in [1.54, 1.807) is 25.3 Å². The molecule has 0 heterocycles. The second-order valence-electron chi connectivity index (χ2n) is 3.81. The van der Waals surface area contributed by atoms with Crippen LogP contribution in [0.25, 0.3) is 0 Å². The number of methoxy groups -OCH3 is 1. The highest BCUT2D eigenvalue weighted by atomic mass is 16.5. The molecule has 18 heavy (non-hydrogen) atoms. The lowest BCUT2D eigenvalue weighted by molar-refractivity contribution is 0.230. The van der Waals surface area contributed by atoms with Crippen LogP contribution in [0.1, 0.15) is 19.4 Å². The van der Waals surface area contributed by atoms with E-state index in [-0.39, 0.29) is 6.10 Å². The molecule has 0 aliphatic rings. The molecule has 0 atom stereocenters. The maximum Gasteiger partial charge on any atom is 0.332 e. The molecule has 0 radical (unpaired) electrons. The molecule has 98 valence electrons. The molecule has 0 fully saturated rings. The second kappa shape index (κ2) is 6.48. The predicted molar refractivity (Wildman–Crippen MR) is 69.1 cm³/mol. The van der Waals surface area contributed by atoms with Gasteiger partial charge >= 0.3 is 6.03 Å². The van der Waals surface area contributed by atoms with Crippen molar-refractivity contribution in [2.75, 3.05) is 7.11 Å². The highest BCUT2D eigenvalue weighted by Gasteiger charge is 2.06. The minimum absolute atomic E-state index is 0.0369. The third-order valence-corrected chi connectivity index (χ3v) is 1.94. The zero-order valence-corrected chi connectivity index (χ0v) is 10.6. The first kappa shape index (κ1) is 13.8. The molecule has 0 aliphatic carbocycles. The van der Waals surface area contributed by atoms with Gasteiger partial charge in [-0.1, -0.05) is 0 Å². The molecule has 0 aliphatic heterocycles. The van der Waals surface area contributed by atoms with E-state index in [2.05, 4.69) is 10.5 Å². The van der Waals surface area contributed by atoms with Gasteiger partial charge in [-0.2, -0.15) is 5.10 Å². The lowest BCUT2D eigenvalue weighted by atomic mass is 10.2. The van der Waals surface area contributed by atoms with Crippen molar-refractivity contribution in [2.24, 2.45) is 10.8 Å². The van der Waals surface area contributed by atoms with E-state index in [0.29, 0.717) is 11.5 Å². The zero-order chi connectivity index (χ0) is 13.5. The lowest BCUT2D eigenvalue weighted by Gasteiger charge is -2.13. The quantitative estimate of drug-likeness (QED) is 0.614. The number of hydrogen-bond acceptors (Lipinski definition) is 4. The van der Waals surface area contributed by atoms with E-state index in [1.807, 2.05) is 13.8 Å². The van der Waals surface area contributed by atoms with E-state index < -0.39 is 6.03 Å². The lowest BCUT2D eigenvalue weighted by Crippen LogP contribution is -2.24. The zero-order valence-electron chi connectivity index (χ0n) is 10.6. The first-order valence-electron chi connectivity index (χ1n) is 5.46. The van der Waals surface area contributed by atoms with Gasteiger partial charge in [0, 0.05) is 0 Å². The molecular weight excluding hydrogens is 234 g/mol. The summed E-state index contributed by atoms with van der Waals surface area (Å²) in [5, 5.41) is 3.67. The van der Waals surface area contributed by atoms with Crippen LogP contribution in [0.5, 0.6) is 11.5 Å². The monoisotopic (exact) mass is 251 g/mol. The number of amides is 2. The Labute approximate surface area is 106 Å². The second-order valence-corrected chi connectivity index (χ2v) is 3.81. The van der Waals surface area contributed by atoms with E-state index >= 15 is 0 Å². The summed E-state index contributed by atoms with van der Waals surface area (Å²) in [6, 6.07) is 4.62. The molecule has 6 nitrogen and oxygen atoms in total. The van der Waals surface area contributed by atoms with Crippen LogP contribution in [0.15, 0.2) is 23.3 Å². The Balaban J connectivity index is 2.88. The molecule has 3 N–H and O–H groups in total. The van der Waals surface area contributed by atoms with Gasteiger partial charge in [-0.15, -0.1) is 0 Å². The van der Waals surface area contributed by atoms with Gasteiger partial charge < -0.3 is 15.2 Å². The van der Waals surface area contributed by atoms with Gasteiger partial charge in [0.15, 0.2) is 11.5 Å². The van der Waals surface area contributed by atoms with Crippen LogP contribution in [-0.4, -0.2) is 25.5 Å². The molecule has 1 aromatic rings. The molecule has 1 aromatic carbocycles. The fourth-order valence-corrected chi connectivity index (χ4v) is 1.29. The van der Waals surface area contributed by atoms with Gasteiger partial charge in [-0.3, -0.25) is 0 Å². The largest absolute Gasteiger partial charge is 0.493 e. The number of carbonyl (C=O) groups is 1. The summed E-state index contributed by atoms with van der Waals surface area (Å²) in [4.78, 5) is 10.5. The number of benzene rings is 1. The number of rotatable bonds is 5. The molecule has 0 aromatic heterocycles. The summed E-state index contributed by atoms with van der Waals surface area (Å²) in [6.07, 6.45) is 1.51. The van der Waals surface area contributed by atoms with Crippen LogP contribution in [0, 0.1) is 0 Å². The van der Waals surface area contributed by atoms with E-state index in [4.69, 9.17) is 15.2 Å². The third kappa shape index (κ3) is 4.32. The molecule has 0 saturated heterocycles. The van der Waals surface area contributed by atoms with E-state index in [9.17, 15) is 4.79 Å². The topological polar surface area (TPSA) is 85.9 Å². The average molecular weight is 251 g/mol. The molecule has 6 heteroatoms. The van der Waals surface area contributed by atoms with Crippen LogP contribution < -0.4 is 20.6 Å². The first-order valence-corrected chi connectivity index (χ1v) is 5.46. The maximum atomic E-state index is 10.5. The van der Waals surface area contributed by atoms with Crippen LogP contribution in [-0.2, 0) is 0 Å². The Kier molecular flexibility index (Phi) is 4.98. The number of ether oxygens (including phenoxy) is 2. The fourth-order valence-electron chi connectivity index (χ4n) is 1.29. The van der Waals surface area contributed by atoms with Crippen LogP contribution in [0.3, 0.4) is 0 Å². The standard InChI is InChI=1S/C12H17N3O3/c1-8(2)18-11-6-9(4-5-10(11)17-3)7-14-15-12(13)16/h4-8H,1-3H3,(H3,13,15,16).